The second-order valence-corrected chi connectivity index (χ2v) is 5.09. The molecule has 17 heavy (non-hydrogen) atoms. The summed E-state index contributed by atoms with van der Waals surface area (Å²) in [4.78, 5) is 24.0. The summed E-state index contributed by atoms with van der Waals surface area (Å²) in [6.07, 6.45) is -4.71. The summed E-state index contributed by atoms with van der Waals surface area (Å²) < 4.78 is 38.7. The molecule has 2 fully saturated rings. The first-order chi connectivity index (χ1) is 7.60. The van der Waals surface area contributed by atoms with Crippen LogP contribution in [0, 0.1) is 0 Å². The standard InChI is InChI=1S/C10H13F3N2O2/c1-8(2)7(17)15(5-6(16)14-8)9(3-4-9)10(11,12)13/h3-5H2,1-2H3,(H,14,16). The van der Waals surface area contributed by atoms with Crippen molar-refractivity contribution in [2.45, 2.75) is 43.9 Å². The fourth-order valence-corrected chi connectivity index (χ4v) is 2.16. The van der Waals surface area contributed by atoms with Crippen LogP contribution in [0.4, 0.5) is 13.2 Å². The Bertz CT molecular complexity index is 386. The summed E-state index contributed by atoms with van der Waals surface area (Å²) in [6.45, 7) is 2.31. The number of carbonyl (C=O) groups excluding carboxylic acids is 2. The van der Waals surface area contributed by atoms with Gasteiger partial charge in [-0.2, -0.15) is 13.2 Å². The molecule has 1 heterocycles. The third-order valence-electron chi connectivity index (χ3n) is 3.30. The highest BCUT2D eigenvalue weighted by Crippen LogP contribution is 2.54. The Labute approximate surface area is 96.1 Å². The number of nitrogens with one attached hydrogen (secondary N) is 1. The van der Waals surface area contributed by atoms with E-state index in [-0.39, 0.29) is 12.8 Å². The smallest absolute Gasteiger partial charge is 0.341 e. The van der Waals surface area contributed by atoms with E-state index in [1.807, 2.05) is 0 Å². The van der Waals surface area contributed by atoms with Gasteiger partial charge in [0.15, 0.2) is 0 Å². The third-order valence-corrected chi connectivity index (χ3v) is 3.30. The van der Waals surface area contributed by atoms with Gasteiger partial charge in [0, 0.05) is 0 Å². The molecule has 7 heteroatoms. The van der Waals surface area contributed by atoms with Crippen LogP contribution in [0.3, 0.4) is 0 Å². The first-order valence-electron chi connectivity index (χ1n) is 5.30. The Kier molecular flexibility index (Phi) is 2.25. The maximum atomic E-state index is 12.9. The van der Waals surface area contributed by atoms with Gasteiger partial charge in [-0.25, -0.2) is 0 Å². The summed E-state index contributed by atoms with van der Waals surface area (Å²) in [6, 6.07) is 0. The van der Waals surface area contributed by atoms with Gasteiger partial charge >= 0.3 is 6.18 Å². The molecule has 2 rings (SSSR count). The topological polar surface area (TPSA) is 49.4 Å². The molecule has 0 spiro atoms. The highest BCUT2D eigenvalue weighted by molar-refractivity contribution is 5.98. The van der Waals surface area contributed by atoms with Crippen LogP contribution >= 0.6 is 0 Å². The lowest BCUT2D eigenvalue weighted by Crippen LogP contribution is -2.68. The molecule has 0 unspecified atom stereocenters. The van der Waals surface area contributed by atoms with Gasteiger partial charge in [0.25, 0.3) is 0 Å². The molecule has 0 aromatic rings. The molecule has 4 nitrogen and oxygen atoms in total. The van der Waals surface area contributed by atoms with E-state index in [9.17, 15) is 22.8 Å². The SMILES string of the molecule is CC1(C)NC(=O)CN(C2(C(F)(F)F)CC2)C1=O. The molecule has 2 amide bonds. The van der Waals surface area contributed by atoms with Crippen LogP contribution in [0.15, 0.2) is 0 Å². The average Bonchev–Trinajstić information content (AvgIpc) is 2.89. The zero-order valence-electron chi connectivity index (χ0n) is 9.52. The quantitative estimate of drug-likeness (QED) is 0.749. The van der Waals surface area contributed by atoms with Gasteiger partial charge in [-0.15, -0.1) is 0 Å². The van der Waals surface area contributed by atoms with Gasteiger partial charge in [0.1, 0.15) is 17.6 Å². The minimum Gasteiger partial charge on any atom is -0.341 e. The van der Waals surface area contributed by atoms with Crippen molar-refractivity contribution in [3.63, 3.8) is 0 Å². The van der Waals surface area contributed by atoms with Gasteiger partial charge in [0.2, 0.25) is 11.8 Å². The summed E-state index contributed by atoms with van der Waals surface area (Å²) in [5.74, 6) is -1.22. The van der Waals surface area contributed by atoms with E-state index in [0.717, 1.165) is 0 Å². The summed E-state index contributed by atoms with van der Waals surface area (Å²) in [7, 11) is 0. The molecule has 1 saturated heterocycles. The van der Waals surface area contributed by atoms with E-state index < -0.39 is 35.6 Å². The molecule has 0 bridgehead atoms. The van der Waals surface area contributed by atoms with E-state index in [1.54, 1.807) is 0 Å². The molecule has 2 aliphatic rings. The zero-order valence-corrected chi connectivity index (χ0v) is 9.52. The van der Waals surface area contributed by atoms with Crippen molar-refractivity contribution in [2.75, 3.05) is 6.54 Å². The van der Waals surface area contributed by atoms with Crippen LogP contribution in [0.2, 0.25) is 0 Å². The molecule has 1 saturated carbocycles. The average molecular weight is 250 g/mol. The molecule has 0 atom stereocenters. The lowest BCUT2D eigenvalue weighted by Gasteiger charge is -2.42. The van der Waals surface area contributed by atoms with Gasteiger partial charge < -0.3 is 10.2 Å². The van der Waals surface area contributed by atoms with Crippen LogP contribution in [-0.2, 0) is 9.59 Å². The lowest BCUT2D eigenvalue weighted by atomic mass is 9.98. The van der Waals surface area contributed by atoms with Crippen molar-refractivity contribution >= 4 is 11.8 Å². The third kappa shape index (κ3) is 1.68. The second-order valence-electron chi connectivity index (χ2n) is 5.09. The number of halogens is 3. The molecule has 0 radical (unpaired) electrons. The molecule has 1 aliphatic heterocycles. The second kappa shape index (κ2) is 3.14. The van der Waals surface area contributed by atoms with Crippen LogP contribution < -0.4 is 5.32 Å². The molecular formula is C10H13F3N2O2. The van der Waals surface area contributed by atoms with Gasteiger partial charge in [-0.3, -0.25) is 9.59 Å². The monoisotopic (exact) mass is 250 g/mol. The Morgan fingerprint density at radius 3 is 2.18 bits per heavy atom. The predicted octanol–water partition coefficient (Wildman–Crippen LogP) is 0.818. The summed E-state index contributed by atoms with van der Waals surface area (Å²) in [5.41, 5.74) is -3.38. The maximum absolute atomic E-state index is 12.9. The highest BCUT2D eigenvalue weighted by Gasteiger charge is 2.69. The van der Waals surface area contributed by atoms with Crippen LogP contribution in [0.1, 0.15) is 26.7 Å². The first-order valence-corrected chi connectivity index (χ1v) is 5.30. The zero-order chi connectivity index (χ0) is 13.1. The number of piperazine rings is 1. The van der Waals surface area contributed by atoms with Crippen molar-refractivity contribution in [1.82, 2.24) is 10.2 Å². The van der Waals surface area contributed by atoms with Gasteiger partial charge in [-0.05, 0) is 26.7 Å². The van der Waals surface area contributed by atoms with Crippen LogP contribution in [0.25, 0.3) is 0 Å². The number of hydrogen-bond donors (Lipinski definition) is 1. The minimum absolute atomic E-state index is 0.119. The van der Waals surface area contributed by atoms with E-state index in [1.165, 1.54) is 13.8 Å². The Balaban J connectivity index is 2.33. The molecule has 0 aromatic heterocycles. The predicted molar refractivity (Wildman–Crippen MR) is 52.0 cm³/mol. The lowest BCUT2D eigenvalue weighted by molar-refractivity contribution is -0.205. The fraction of sp³-hybridized carbons (Fsp3) is 0.800. The molecular weight excluding hydrogens is 237 g/mol. The highest BCUT2D eigenvalue weighted by atomic mass is 19.4. The Hall–Kier alpha value is -1.27. The Morgan fingerprint density at radius 1 is 1.24 bits per heavy atom. The first kappa shape index (κ1) is 12.2. The normalized spacial score (nSPS) is 26.8. The van der Waals surface area contributed by atoms with E-state index in [2.05, 4.69) is 5.32 Å². The largest absolute Gasteiger partial charge is 0.411 e. The van der Waals surface area contributed by atoms with Gasteiger partial charge in [-0.1, -0.05) is 0 Å². The van der Waals surface area contributed by atoms with E-state index in [4.69, 9.17) is 0 Å². The summed E-state index contributed by atoms with van der Waals surface area (Å²) >= 11 is 0. The van der Waals surface area contributed by atoms with E-state index >= 15 is 0 Å². The van der Waals surface area contributed by atoms with Crippen LogP contribution in [-0.4, -0.2) is 40.5 Å². The number of carbonyl (C=O) groups is 2. The molecule has 0 aromatic carbocycles. The number of alkyl halides is 3. The molecule has 96 valence electrons. The van der Waals surface area contributed by atoms with Crippen molar-refractivity contribution in [3.8, 4) is 0 Å². The van der Waals surface area contributed by atoms with Crippen molar-refractivity contribution in [1.29, 1.82) is 0 Å². The molecule has 1 aliphatic carbocycles. The van der Waals surface area contributed by atoms with Crippen molar-refractivity contribution < 1.29 is 22.8 Å². The van der Waals surface area contributed by atoms with E-state index in [0.29, 0.717) is 4.90 Å². The minimum atomic E-state index is -4.48. The Morgan fingerprint density at radius 2 is 1.76 bits per heavy atom. The fourth-order valence-electron chi connectivity index (χ4n) is 2.16. The number of nitrogens with zero attached hydrogens (tertiary/aromatic N) is 1. The number of amides is 2. The van der Waals surface area contributed by atoms with Crippen molar-refractivity contribution in [2.24, 2.45) is 0 Å². The number of hydrogen-bond acceptors (Lipinski definition) is 2. The van der Waals surface area contributed by atoms with Crippen LogP contribution in [0.5, 0.6) is 0 Å². The maximum Gasteiger partial charge on any atom is 0.411 e. The number of rotatable bonds is 1. The van der Waals surface area contributed by atoms with Gasteiger partial charge in [0.05, 0.1) is 0 Å². The molecule has 1 N–H and O–H groups in total. The van der Waals surface area contributed by atoms with Crippen molar-refractivity contribution in [3.05, 3.63) is 0 Å². The summed E-state index contributed by atoms with van der Waals surface area (Å²) in [5, 5.41) is 2.39.